The molecule has 3 saturated heterocycles. The van der Waals surface area contributed by atoms with Gasteiger partial charge < -0.3 is 89.9 Å². The van der Waals surface area contributed by atoms with Crippen molar-refractivity contribution in [3.8, 4) is 0 Å². The van der Waals surface area contributed by atoms with Crippen LogP contribution in [0.5, 0.6) is 0 Å². The van der Waals surface area contributed by atoms with E-state index < -0.39 is 131 Å². The van der Waals surface area contributed by atoms with Crippen LogP contribution in [-0.4, -0.2) is 193 Å². The lowest BCUT2D eigenvalue weighted by molar-refractivity contribution is -0.379. The van der Waals surface area contributed by atoms with E-state index in [2.05, 4.69) is 177 Å². The molecule has 0 spiro atoms. The van der Waals surface area contributed by atoms with Crippen LogP contribution in [0, 0.1) is 0 Å². The number of unbranched alkanes of at least 4 members (excludes halogenated alkanes) is 17. The SMILES string of the molecule is CC/C=C\C/C=C\C/C=C\C/C=C\C/C=C\C/C=C\C/C=C\C/C=C\C/C=C\C/C=C\C/C=C\CCCCCC(=O)NC(COC1OC(CO)C(OC2OC(CO)C(OC3OC(CO)C(O)C(O)C3O)C(O)C2O)C(O)C1O)C(O)/C=C/CC/C=C/CC/C=C/CCCCCCCCCCCCCC. The van der Waals surface area contributed by atoms with E-state index in [0.717, 1.165) is 116 Å². The average Bonchev–Trinajstić information content (AvgIpc) is 0.783. The number of hydrogen-bond acceptors (Lipinski definition) is 18. The van der Waals surface area contributed by atoms with E-state index in [4.69, 9.17) is 28.4 Å². The summed E-state index contributed by atoms with van der Waals surface area (Å²) in [7, 11) is 0. The molecule has 17 unspecified atom stereocenters. The van der Waals surface area contributed by atoms with Crippen LogP contribution in [0.2, 0.25) is 0 Å². The molecule has 0 radical (unpaired) electrons. The van der Waals surface area contributed by atoms with E-state index in [1.54, 1.807) is 6.08 Å². The third-order valence-electron chi connectivity index (χ3n) is 18.2. The predicted octanol–water partition coefficient (Wildman–Crippen LogP) is 13.0. The maximum atomic E-state index is 13.4. The first kappa shape index (κ1) is 93.4. The second kappa shape index (κ2) is 63.1. The molecule has 19 heteroatoms. The highest BCUT2D eigenvalue weighted by Crippen LogP contribution is 2.33. The number of carbonyl (C=O) groups is 1. The van der Waals surface area contributed by atoms with Crippen molar-refractivity contribution in [2.45, 2.75) is 330 Å². The van der Waals surface area contributed by atoms with E-state index in [-0.39, 0.29) is 12.3 Å². The number of aliphatic hydroxyl groups is 11. The van der Waals surface area contributed by atoms with Crippen molar-refractivity contribution < 1.29 is 89.4 Å². The molecule has 3 aliphatic rings. The van der Waals surface area contributed by atoms with Crippen molar-refractivity contribution in [1.82, 2.24) is 5.32 Å². The summed E-state index contributed by atoms with van der Waals surface area (Å²) in [5, 5.41) is 121. The second-order valence-corrected chi connectivity index (χ2v) is 27.1. The number of rotatable bonds is 59. The number of aliphatic hydroxyl groups excluding tert-OH is 11. The maximum Gasteiger partial charge on any atom is 0.220 e. The minimum Gasteiger partial charge on any atom is -0.394 e. The van der Waals surface area contributed by atoms with Crippen LogP contribution in [0.4, 0.5) is 0 Å². The lowest BCUT2D eigenvalue weighted by Gasteiger charge is -2.48. The van der Waals surface area contributed by atoms with Gasteiger partial charge in [0.15, 0.2) is 18.9 Å². The molecule has 3 rings (SSSR count). The molecule has 590 valence electrons. The molecule has 12 N–H and O–H groups in total. The second-order valence-electron chi connectivity index (χ2n) is 27.1. The van der Waals surface area contributed by atoms with Crippen molar-refractivity contribution >= 4 is 5.91 Å². The highest BCUT2D eigenvalue weighted by molar-refractivity contribution is 5.76. The molecule has 0 aromatic carbocycles. The fraction of sp³-hybridized carbons (Fsp3) is 0.659. The summed E-state index contributed by atoms with van der Waals surface area (Å²) in [5.74, 6) is -0.328. The third kappa shape index (κ3) is 42.6. The van der Waals surface area contributed by atoms with Gasteiger partial charge in [0.05, 0.1) is 38.6 Å². The number of nitrogens with one attached hydrogen (secondary N) is 1. The van der Waals surface area contributed by atoms with Gasteiger partial charge >= 0.3 is 0 Å². The molecule has 0 saturated carbocycles. The molecule has 3 aliphatic heterocycles. The molecule has 3 heterocycles. The molecule has 0 aromatic heterocycles. The van der Waals surface area contributed by atoms with Crippen molar-refractivity contribution in [2.24, 2.45) is 0 Å². The fourth-order valence-corrected chi connectivity index (χ4v) is 11.9. The third-order valence-corrected chi connectivity index (χ3v) is 18.2. The molecule has 0 bridgehead atoms. The highest BCUT2D eigenvalue weighted by atomic mass is 16.8. The highest BCUT2D eigenvalue weighted by Gasteiger charge is 2.53. The summed E-state index contributed by atoms with van der Waals surface area (Å²) in [6.07, 6.45) is 67.6. The number of ether oxygens (including phenoxy) is 6. The Hall–Kier alpha value is -4.85. The normalized spacial score (nSPS) is 26.9. The zero-order valence-corrected chi connectivity index (χ0v) is 62.9. The van der Waals surface area contributed by atoms with Gasteiger partial charge in [-0.2, -0.15) is 0 Å². The topological polar surface area (TPSA) is 307 Å². The minimum absolute atomic E-state index is 0.180. The zero-order valence-electron chi connectivity index (χ0n) is 62.9. The lowest BCUT2D eigenvalue weighted by Crippen LogP contribution is -2.66. The van der Waals surface area contributed by atoms with Crippen molar-refractivity contribution in [2.75, 3.05) is 26.4 Å². The van der Waals surface area contributed by atoms with Crippen LogP contribution in [0.3, 0.4) is 0 Å². The Bertz CT molecular complexity index is 2550. The van der Waals surface area contributed by atoms with E-state index >= 15 is 0 Å². The molecule has 1 amide bonds. The van der Waals surface area contributed by atoms with E-state index in [0.29, 0.717) is 12.8 Å². The summed E-state index contributed by atoms with van der Waals surface area (Å²) in [5.41, 5.74) is 0. The Kier molecular flexibility index (Phi) is 56.7. The first-order chi connectivity index (χ1) is 50.8. The van der Waals surface area contributed by atoms with E-state index in [1.807, 2.05) is 6.08 Å². The number of hydrogen-bond donors (Lipinski definition) is 12. The number of carbonyl (C=O) groups excluding carboxylic acids is 1. The van der Waals surface area contributed by atoms with Gasteiger partial charge in [-0.1, -0.05) is 261 Å². The molecule has 17 atom stereocenters. The van der Waals surface area contributed by atoms with Crippen LogP contribution in [0.25, 0.3) is 0 Å². The van der Waals surface area contributed by atoms with Gasteiger partial charge in [-0.3, -0.25) is 4.79 Å². The van der Waals surface area contributed by atoms with Gasteiger partial charge in [-0.05, 0) is 128 Å². The molecule has 104 heavy (non-hydrogen) atoms. The fourth-order valence-electron chi connectivity index (χ4n) is 11.9. The Morgan fingerprint density at radius 2 is 0.673 bits per heavy atom. The smallest absolute Gasteiger partial charge is 0.220 e. The lowest BCUT2D eigenvalue weighted by atomic mass is 9.96. The maximum absolute atomic E-state index is 13.4. The average molecular weight is 1460 g/mol. The van der Waals surface area contributed by atoms with Gasteiger partial charge in [-0.25, -0.2) is 0 Å². The van der Waals surface area contributed by atoms with Gasteiger partial charge in [-0.15, -0.1) is 0 Å². The first-order valence-corrected chi connectivity index (χ1v) is 39.4. The Balaban J connectivity index is 1.41. The van der Waals surface area contributed by atoms with Gasteiger partial charge in [0, 0.05) is 6.42 Å². The van der Waals surface area contributed by atoms with Crippen LogP contribution >= 0.6 is 0 Å². The summed E-state index contributed by atoms with van der Waals surface area (Å²) in [6, 6.07) is -1.03. The largest absolute Gasteiger partial charge is 0.394 e. The van der Waals surface area contributed by atoms with Crippen LogP contribution < -0.4 is 5.32 Å². The quantitative estimate of drug-likeness (QED) is 0.0199. The minimum atomic E-state index is -2.00. The van der Waals surface area contributed by atoms with Crippen molar-refractivity contribution in [1.29, 1.82) is 0 Å². The first-order valence-electron chi connectivity index (χ1n) is 39.4. The number of amides is 1. The van der Waals surface area contributed by atoms with Crippen molar-refractivity contribution in [3.05, 3.63) is 170 Å². The van der Waals surface area contributed by atoms with Crippen LogP contribution in [0.1, 0.15) is 226 Å². The zero-order chi connectivity index (χ0) is 75.3. The van der Waals surface area contributed by atoms with Gasteiger partial charge in [0.1, 0.15) is 73.2 Å². The van der Waals surface area contributed by atoms with E-state index in [1.165, 1.54) is 77.0 Å². The molecular formula is C85H137NO18. The molecule has 0 aliphatic carbocycles. The standard InChI is InChI=1S/C85H137NO18/c1-3-5-7-9-11-13-15-17-19-21-23-25-27-28-29-30-31-32-33-34-35-36-37-38-39-40-41-43-45-47-49-51-53-55-57-59-61-63-73(91)86-68(69(90)62-60-58-56-54-52-50-48-46-44-42-26-24-22-20-18-16-14-12-10-8-6-4-2)67-99-83-79(97)76(94)81(71(65-88)101-83)104-85-80(98)77(95)82(72(66-89)102-85)103-84-78(96)75(93)74(92)70(64-87)100-84/h5,7,11,13,17,19,23,25,28-29,31-32,34-35,37-38,40-41,44-47,51-54,60,62,68-72,74-85,87-90,92-98H,3-4,6,8-10,12,14-16,18,20-22,24,26-27,30,33,36,39,42-43,48-50,55-59,61,63-67H2,1-2H3,(H,86,91)/b7-5-,13-11-,19-17-,25-23-,29-28-,32-31-,35-34-,38-37-,41-40-,46-44+,47-45-,53-51-,54-52+,62-60+. The summed E-state index contributed by atoms with van der Waals surface area (Å²) < 4.78 is 34.4. The molecule has 3 fully saturated rings. The predicted molar refractivity (Wildman–Crippen MR) is 415 cm³/mol. The van der Waals surface area contributed by atoms with E-state index in [9.17, 15) is 61.0 Å². The van der Waals surface area contributed by atoms with Crippen molar-refractivity contribution in [3.63, 3.8) is 0 Å². The van der Waals surface area contributed by atoms with Crippen LogP contribution in [-0.2, 0) is 33.2 Å². The Labute approximate surface area is 624 Å². The Morgan fingerprint density at radius 1 is 0.356 bits per heavy atom. The van der Waals surface area contributed by atoms with Gasteiger partial charge in [0.2, 0.25) is 5.91 Å². The number of allylic oxidation sites excluding steroid dienone is 27. The molecule has 19 nitrogen and oxygen atoms in total. The summed E-state index contributed by atoms with van der Waals surface area (Å²) in [6.45, 7) is 1.55. The monoisotopic (exact) mass is 1460 g/mol. The molecular weight excluding hydrogens is 1320 g/mol. The summed E-state index contributed by atoms with van der Waals surface area (Å²) in [4.78, 5) is 13.4. The van der Waals surface area contributed by atoms with Crippen LogP contribution in [0.15, 0.2) is 170 Å². The molecule has 0 aromatic rings. The summed E-state index contributed by atoms with van der Waals surface area (Å²) >= 11 is 0. The van der Waals surface area contributed by atoms with Gasteiger partial charge in [0.25, 0.3) is 0 Å². The Morgan fingerprint density at radius 3 is 1.08 bits per heavy atom.